The molecule has 4 nitrogen and oxygen atoms in total. The number of alkyl halides is 10. The zero-order valence-corrected chi connectivity index (χ0v) is 16.1. The quantitative estimate of drug-likeness (QED) is 0.414. The Kier molecular flexibility index (Phi) is 5.88. The minimum atomic E-state index is -6.37. The van der Waals surface area contributed by atoms with Crippen LogP contribution in [0.1, 0.15) is 11.6 Å². The number of hydrogen-bond acceptors (Lipinski definition) is 4. The average Bonchev–Trinajstić information content (AvgIpc) is 2.72. The molecule has 0 atom stereocenters. The molecule has 0 fully saturated rings. The summed E-state index contributed by atoms with van der Waals surface area (Å²) < 4.78 is 131. The number of aromatic nitrogens is 4. The maximum atomic E-state index is 13.7. The van der Waals surface area contributed by atoms with Gasteiger partial charge in [-0.15, -0.1) is 0 Å². The van der Waals surface area contributed by atoms with Gasteiger partial charge in [-0.3, -0.25) is 4.98 Å². The van der Waals surface area contributed by atoms with Crippen LogP contribution in [0, 0.1) is 0 Å². The van der Waals surface area contributed by atoms with Crippen LogP contribution in [-0.4, -0.2) is 40.1 Å². The highest BCUT2D eigenvalue weighted by atomic mass is 19.4. The Balaban J connectivity index is 2.15. The van der Waals surface area contributed by atoms with Crippen molar-refractivity contribution in [2.75, 3.05) is 0 Å². The van der Waals surface area contributed by atoms with Crippen molar-refractivity contribution in [3.63, 3.8) is 0 Å². The maximum absolute atomic E-state index is 13.7. The van der Waals surface area contributed by atoms with E-state index >= 15 is 0 Å². The molecule has 0 bridgehead atoms. The molecule has 0 aliphatic heterocycles. The molecule has 0 amide bonds. The van der Waals surface area contributed by atoms with Gasteiger partial charge in [0, 0.05) is 17.3 Å². The smallest absolute Gasteiger partial charge is 0.255 e. The monoisotopic (exact) mass is 482 g/mol. The Morgan fingerprint density at radius 3 is 1.42 bits per heavy atom. The normalized spacial score (nSPS) is 13.3. The topological polar surface area (TPSA) is 51.6 Å². The average molecular weight is 482 g/mol. The van der Waals surface area contributed by atoms with Crippen molar-refractivity contribution in [1.82, 2.24) is 19.9 Å². The van der Waals surface area contributed by atoms with E-state index in [1.54, 1.807) is 24.3 Å². The third-order valence-electron chi connectivity index (χ3n) is 4.28. The van der Waals surface area contributed by atoms with E-state index in [1.807, 2.05) is 7.85 Å². The summed E-state index contributed by atoms with van der Waals surface area (Å²) in [5.41, 5.74) is 1.27. The molecule has 0 saturated carbocycles. The van der Waals surface area contributed by atoms with Gasteiger partial charge in [-0.1, -0.05) is 29.7 Å². The van der Waals surface area contributed by atoms with Gasteiger partial charge in [-0.2, -0.15) is 43.9 Å². The summed E-state index contributed by atoms with van der Waals surface area (Å²) >= 11 is 0. The highest BCUT2D eigenvalue weighted by Gasteiger charge is 2.64. The Hall–Kier alpha value is -3.26. The van der Waals surface area contributed by atoms with E-state index in [1.165, 1.54) is 6.07 Å². The predicted octanol–water partition coefficient (Wildman–Crippen LogP) is 4.17. The zero-order chi connectivity index (χ0) is 24.8. The maximum Gasteiger partial charge on any atom is 0.461 e. The number of nitrogens with zero attached hydrogens (tertiary/aromatic N) is 4. The fourth-order valence-corrected chi connectivity index (χ4v) is 2.46. The van der Waals surface area contributed by atoms with Gasteiger partial charge in [-0.25, -0.2) is 15.0 Å². The molecule has 15 heteroatoms. The van der Waals surface area contributed by atoms with Crippen LogP contribution in [0.25, 0.3) is 22.6 Å². The van der Waals surface area contributed by atoms with Crippen molar-refractivity contribution in [3.8, 4) is 22.6 Å². The van der Waals surface area contributed by atoms with E-state index in [-0.39, 0.29) is 5.69 Å². The molecular formula is C18H9BF10N4. The fourth-order valence-electron chi connectivity index (χ4n) is 2.46. The molecule has 2 heterocycles. The second kappa shape index (κ2) is 7.95. The molecular weight excluding hydrogens is 473 g/mol. The molecule has 33 heavy (non-hydrogen) atoms. The van der Waals surface area contributed by atoms with E-state index in [9.17, 15) is 43.9 Å². The molecule has 0 spiro atoms. The number of benzene rings is 1. The number of halogens is 10. The number of pyridine rings is 1. The third kappa shape index (κ3) is 4.62. The van der Waals surface area contributed by atoms with Crippen LogP contribution < -0.4 is 5.46 Å². The first-order valence-corrected chi connectivity index (χ1v) is 8.73. The van der Waals surface area contributed by atoms with Crippen LogP contribution in [0.2, 0.25) is 0 Å². The lowest BCUT2D eigenvalue weighted by Gasteiger charge is -2.22. The molecule has 0 aliphatic carbocycles. The van der Waals surface area contributed by atoms with E-state index in [0.29, 0.717) is 5.56 Å². The highest BCUT2D eigenvalue weighted by molar-refractivity contribution is 6.32. The van der Waals surface area contributed by atoms with Crippen LogP contribution in [-0.2, 0) is 11.8 Å². The van der Waals surface area contributed by atoms with E-state index in [2.05, 4.69) is 19.9 Å². The van der Waals surface area contributed by atoms with Crippen LogP contribution in [0.15, 0.2) is 42.6 Å². The zero-order valence-electron chi connectivity index (χ0n) is 16.1. The van der Waals surface area contributed by atoms with Gasteiger partial charge in [0.1, 0.15) is 7.85 Å². The summed E-state index contributed by atoms with van der Waals surface area (Å²) in [5.74, 6) is -18.4. The third-order valence-corrected chi connectivity index (χ3v) is 4.28. The molecule has 3 aromatic rings. The Morgan fingerprint density at radius 2 is 1.03 bits per heavy atom. The minimum Gasteiger partial charge on any atom is -0.255 e. The van der Waals surface area contributed by atoms with Crippen LogP contribution >= 0.6 is 0 Å². The van der Waals surface area contributed by atoms with Crippen LogP contribution in [0.3, 0.4) is 0 Å². The van der Waals surface area contributed by atoms with Gasteiger partial charge in [0.2, 0.25) is 11.6 Å². The molecule has 174 valence electrons. The van der Waals surface area contributed by atoms with Gasteiger partial charge in [-0.05, 0) is 12.1 Å². The predicted molar refractivity (Wildman–Crippen MR) is 96.6 cm³/mol. The molecule has 0 aliphatic rings. The van der Waals surface area contributed by atoms with Gasteiger partial charge in [0.05, 0.1) is 5.69 Å². The first-order chi connectivity index (χ1) is 15.0. The standard InChI is InChI=1S/C18H9BF10N4/c19-10-4-1-8(2-5-10)11-6-3-9(7-30-11)12-31-13(15(20,21)17(24,25)26)33-14(32-12)16(22,23)18(27,28)29/h1-7H,19H2. The van der Waals surface area contributed by atoms with Crippen molar-refractivity contribution < 1.29 is 43.9 Å². The molecule has 3 rings (SSSR count). The molecule has 0 N–H and O–H groups in total. The van der Waals surface area contributed by atoms with Crippen LogP contribution in [0.4, 0.5) is 43.9 Å². The summed E-state index contributed by atoms with van der Waals surface area (Å²) in [7, 11) is 1.81. The van der Waals surface area contributed by atoms with Crippen molar-refractivity contribution >= 4 is 13.3 Å². The van der Waals surface area contributed by atoms with Gasteiger partial charge >= 0.3 is 24.2 Å². The second-order valence-electron chi connectivity index (χ2n) is 6.75. The molecule has 0 radical (unpaired) electrons. The van der Waals surface area contributed by atoms with Crippen molar-refractivity contribution in [1.29, 1.82) is 0 Å². The Labute approximate surface area is 179 Å². The highest BCUT2D eigenvalue weighted by Crippen LogP contribution is 2.46. The van der Waals surface area contributed by atoms with Crippen LogP contribution in [0.5, 0.6) is 0 Å². The molecule has 1 aromatic carbocycles. The summed E-state index contributed by atoms with van der Waals surface area (Å²) in [5, 5.41) is 0. The lowest BCUT2D eigenvalue weighted by Crippen LogP contribution is -2.39. The Bertz CT molecular complexity index is 1100. The van der Waals surface area contributed by atoms with E-state index in [0.717, 1.165) is 17.7 Å². The van der Waals surface area contributed by atoms with Gasteiger partial charge in [0.15, 0.2) is 5.82 Å². The van der Waals surface area contributed by atoms with Crippen molar-refractivity contribution in [2.45, 2.75) is 24.2 Å². The fraction of sp³-hybridized carbons (Fsp3) is 0.222. The SMILES string of the molecule is Bc1ccc(-c2ccc(-c3nc(C(F)(F)C(F)(F)F)nc(C(F)(F)C(F)(F)F)n3)cn2)cc1. The van der Waals surface area contributed by atoms with Gasteiger partial charge < -0.3 is 0 Å². The number of rotatable bonds is 4. The van der Waals surface area contributed by atoms with Gasteiger partial charge in [0.25, 0.3) is 0 Å². The summed E-state index contributed by atoms with van der Waals surface area (Å²) in [6.45, 7) is 0. The lowest BCUT2D eigenvalue weighted by atomic mass is 9.95. The summed E-state index contributed by atoms with van der Waals surface area (Å²) in [6.07, 6.45) is -11.9. The van der Waals surface area contributed by atoms with Crippen molar-refractivity contribution in [3.05, 3.63) is 54.2 Å². The minimum absolute atomic E-state index is 0.287. The molecule has 2 aromatic heterocycles. The van der Waals surface area contributed by atoms with E-state index < -0.39 is 47.2 Å². The summed E-state index contributed by atoms with van der Waals surface area (Å²) in [4.78, 5) is 11.7. The lowest BCUT2D eigenvalue weighted by molar-refractivity contribution is -0.297. The summed E-state index contributed by atoms with van der Waals surface area (Å²) in [6, 6.07) is 9.02. The number of hydrogen-bond donors (Lipinski definition) is 0. The van der Waals surface area contributed by atoms with Crippen molar-refractivity contribution in [2.24, 2.45) is 0 Å². The molecule has 0 unspecified atom stereocenters. The Morgan fingerprint density at radius 1 is 0.576 bits per heavy atom. The van der Waals surface area contributed by atoms with E-state index in [4.69, 9.17) is 0 Å². The second-order valence-corrected chi connectivity index (χ2v) is 6.75. The molecule has 0 saturated heterocycles. The largest absolute Gasteiger partial charge is 0.461 e. The first kappa shape index (κ1) is 24.4. The first-order valence-electron chi connectivity index (χ1n) is 8.73.